The highest BCUT2D eigenvalue weighted by atomic mass is 19.1. The highest BCUT2D eigenvalue weighted by Crippen LogP contribution is 2.30. The number of hydrogen-bond donors (Lipinski definition) is 3. The van der Waals surface area contributed by atoms with Crippen LogP contribution in [0.15, 0.2) is 60.7 Å². The topological polar surface area (TPSA) is 105 Å². The van der Waals surface area contributed by atoms with Gasteiger partial charge in [0.1, 0.15) is 17.7 Å². The van der Waals surface area contributed by atoms with Gasteiger partial charge < -0.3 is 16.8 Å². The Hall–Kier alpha value is -3.82. The maximum Gasteiger partial charge on any atom is 0.238 e. The summed E-state index contributed by atoms with van der Waals surface area (Å²) in [6, 6.07) is 15.9. The van der Waals surface area contributed by atoms with E-state index in [0.29, 0.717) is 25.3 Å². The third-order valence-corrected chi connectivity index (χ3v) is 7.58. The van der Waals surface area contributed by atoms with Crippen LogP contribution in [0.1, 0.15) is 41.0 Å². The molecule has 1 saturated heterocycles. The van der Waals surface area contributed by atoms with Gasteiger partial charge in [0.05, 0.1) is 6.54 Å². The van der Waals surface area contributed by atoms with Gasteiger partial charge in [-0.3, -0.25) is 19.4 Å². The van der Waals surface area contributed by atoms with Gasteiger partial charge in [0.15, 0.2) is 0 Å². The molecule has 3 aromatic carbocycles. The van der Waals surface area contributed by atoms with Crippen LogP contribution in [-0.4, -0.2) is 60.4 Å². The lowest BCUT2D eigenvalue weighted by Gasteiger charge is -2.39. The molecule has 5 N–H and O–H groups in total. The first kappa shape index (κ1) is 29.2. The molecular formula is C31H37F2N5O2. The fourth-order valence-electron chi connectivity index (χ4n) is 5.53. The maximum atomic E-state index is 13.5. The molecule has 1 atom stereocenters. The van der Waals surface area contributed by atoms with Crippen LogP contribution in [0.25, 0.3) is 0 Å². The molecule has 7 nitrogen and oxygen atoms in total. The van der Waals surface area contributed by atoms with Gasteiger partial charge >= 0.3 is 0 Å². The van der Waals surface area contributed by atoms with Crippen LogP contribution < -0.4 is 16.8 Å². The van der Waals surface area contributed by atoms with E-state index >= 15 is 0 Å². The summed E-state index contributed by atoms with van der Waals surface area (Å²) in [6.45, 7) is 6.21. The molecule has 3 aromatic rings. The first-order chi connectivity index (χ1) is 19.1. The highest BCUT2D eigenvalue weighted by molar-refractivity contribution is 5.94. The third kappa shape index (κ3) is 7.43. The Morgan fingerprint density at radius 1 is 0.950 bits per heavy atom. The number of amides is 2. The number of primary amides is 1. The lowest BCUT2D eigenvalue weighted by Crippen LogP contribution is -2.59. The minimum Gasteiger partial charge on any atom is -0.399 e. The van der Waals surface area contributed by atoms with Crippen molar-refractivity contribution in [2.75, 3.05) is 43.8 Å². The molecule has 0 aliphatic carbocycles. The minimum absolute atomic E-state index is 0.0154. The van der Waals surface area contributed by atoms with Crippen molar-refractivity contribution in [3.63, 3.8) is 0 Å². The predicted molar refractivity (Wildman–Crippen MR) is 154 cm³/mol. The minimum atomic E-state index is -0.585. The summed E-state index contributed by atoms with van der Waals surface area (Å²) in [5.74, 6) is -1.29. The number of nitrogens with one attached hydrogen (secondary N) is 1. The van der Waals surface area contributed by atoms with Crippen molar-refractivity contribution < 1.29 is 18.4 Å². The lowest BCUT2D eigenvalue weighted by atomic mass is 9.87. The zero-order chi connectivity index (χ0) is 28.8. The summed E-state index contributed by atoms with van der Waals surface area (Å²) in [6.07, 6.45) is 1.57. The predicted octanol–water partition coefficient (Wildman–Crippen LogP) is 4.19. The average molecular weight is 550 g/mol. The van der Waals surface area contributed by atoms with Crippen LogP contribution in [0.5, 0.6) is 0 Å². The van der Waals surface area contributed by atoms with E-state index in [2.05, 4.69) is 10.2 Å². The molecule has 1 aliphatic rings. The summed E-state index contributed by atoms with van der Waals surface area (Å²) < 4.78 is 27.1. The van der Waals surface area contributed by atoms with Crippen LogP contribution in [0.4, 0.5) is 20.2 Å². The van der Waals surface area contributed by atoms with Gasteiger partial charge in [-0.15, -0.1) is 0 Å². The van der Waals surface area contributed by atoms with Crippen LogP contribution in [0, 0.1) is 25.5 Å². The van der Waals surface area contributed by atoms with E-state index in [0.717, 1.165) is 47.3 Å². The Labute approximate surface area is 234 Å². The quantitative estimate of drug-likeness (QED) is 0.329. The fraction of sp³-hybridized carbons (Fsp3) is 0.355. The smallest absolute Gasteiger partial charge is 0.238 e. The van der Waals surface area contributed by atoms with Crippen molar-refractivity contribution in [3.05, 3.63) is 94.6 Å². The van der Waals surface area contributed by atoms with Crippen molar-refractivity contribution in [2.45, 2.75) is 38.6 Å². The van der Waals surface area contributed by atoms with E-state index < -0.39 is 11.9 Å². The molecule has 0 aromatic heterocycles. The molecule has 1 aliphatic heterocycles. The zero-order valence-corrected chi connectivity index (χ0v) is 23.0. The number of rotatable bonds is 10. The number of aryl methyl sites for hydroxylation is 2. The van der Waals surface area contributed by atoms with E-state index in [9.17, 15) is 18.4 Å². The van der Waals surface area contributed by atoms with E-state index in [4.69, 9.17) is 11.5 Å². The van der Waals surface area contributed by atoms with Crippen LogP contribution in [-0.2, 0) is 9.59 Å². The first-order valence-electron chi connectivity index (χ1n) is 13.5. The van der Waals surface area contributed by atoms with Gasteiger partial charge in [-0.2, -0.15) is 0 Å². The Morgan fingerprint density at radius 2 is 1.50 bits per heavy atom. The molecule has 40 heavy (non-hydrogen) atoms. The summed E-state index contributed by atoms with van der Waals surface area (Å²) in [5.41, 5.74) is 16.7. The third-order valence-electron chi connectivity index (χ3n) is 7.58. The molecule has 1 fully saturated rings. The van der Waals surface area contributed by atoms with Crippen molar-refractivity contribution in [1.82, 2.24) is 9.80 Å². The summed E-state index contributed by atoms with van der Waals surface area (Å²) >= 11 is 0. The van der Waals surface area contributed by atoms with Crippen molar-refractivity contribution in [1.29, 1.82) is 0 Å². The standard InChI is InChI=1S/C31H37F2N5O2/c1-20-16-26(34)17-21(2)30(20)36-29(39)19-38-15-14-37(18-28(38)31(35)40)13-3-4-27(22-5-9-24(32)10-6-22)23-7-11-25(33)12-8-23/h5-12,16-17,27-28H,3-4,13-15,18-19,34H2,1-2H3,(H2,35,40)(H,36,39). The maximum absolute atomic E-state index is 13.5. The summed E-state index contributed by atoms with van der Waals surface area (Å²) in [4.78, 5) is 29.2. The van der Waals surface area contributed by atoms with Gasteiger partial charge in [0, 0.05) is 36.9 Å². The van der Waals surface area contributed by atoms with E-state index in [1.165, 1.54) is 24.3 Å². The second kappa shape index (κ2) is 13.0. The molecule has 1 unspecified atom stereocenters. The number of piperazine rings is 1. The molecule has 1 heterocycles. The highest BCUT2D eigenvalue weighted by Gasteiger charge is 2.32. The Morgan fingerprint density at radius 3 is 2.02 bits per heavy atom. The summed E-state index contributed by atoms with van der Waals surface area (Å²) in [5, 5.41) is 2.96. The van der Waals surface area contributed by atoms with Crippen molar-refractivity contribution >= 4 is 23.2 Å². The van der Waals surface area contributed by atoms with Gasteiger partial charge in [-0.25, -0.2) is 8.78 Å². The van der Waals surface area contributed by atoms with Gasteiger partial charge in [0.2, 0.25) is 11.8 Å². The Balaban J connectivity index is 1.35. The number of nitrogens with zero attached hydrogens (tertiary/aromatic N) is 2. The van der Waals surface area contributed by atoms with Gasteiger partial charge in [0.25, 0.3) is 0 Å². The first-order valence-corrected chi connectivity index (χ1v) is 13.5. The number of nitrogens with two attached hydrogens (primary N) is 2. The van der Waals surface area contributed by atoms with Gasteiger partial charge in [-0.05, 0) is 91.9 Å². The summed E-state index contributed by atoms with van der Waals surface area (Å²) in [7, 11) is 0. The molecule has 0 bridgehead atoms. The number of nitrogen functional groups attached to an aromatic ring is 1. The van der Waals surface area contributed by atoms with Crippen LogP contribution in [0.2, 0.25) is 0 Å². The fourth-order valence-corrected chi connectivity index (χ4v) is 5.53. The molecule has 4 rings (SSSR count). The molecule has 0 radical (unpaired) electrons. The number of benzene rings is 3. The van der Waals surface area contributed by atoms with E-state index in [1.54, 1.807) is 24.3 Å². The monoisotopic (exact) mass is 549 g/mol. The molecule has 9 heteroatoms. The number of hydrogen-bond acceptors (Lipinski definition) is 5. The van der Waals surface area contributed by atoms with Crippen LogP contribution >= 0.6 is 0 Å². The zero-order valence-electron chi connectivity index (χ0n) is 23.0. The molecule has 0 spiro atoms. The molecular weight excluding hydrogens is 512 g/mol. The van der Waals surface area contributed by atoms with Crippen molar-refractivity contribution in [3.8, 4) is 0 Å². The van der Waals surface area contributed by atoms with Crippen molar-refractivity contribution in [2.24, 2.45) is 5.73 Å². The second-order valence-electron chi connectivity index (χ2n) is 10.6. The second-order valence-corrected chi connectivity index (χ2v) is 10.6. The number of halogens is 2. The van der Waals surface area contributed by atoms with E-state index in [-0.39, 0.29) is 30.0 Å². The number of anilines is 2. The molecule has 2 amide bonds. The van der Waals surface area contributed by atoms with Crippen LogP contribution in [0.3, 0.4) is 0 Å². The normalized spacial score (nSPS) is 16.3. The molecule has 212 valence electrons. The SMILES string of the molecule is Cc1cc(N)cc(C)c1NC(=O)CN1CCN(CCCC(c2ccc(F)cc2)c2ccc(F)cc2)CC1C(N)=O. The van der Waals surface area contributed by atoms with Gasteiger partial charge in [-0.1, -0.05) is 24.3 Å². The number of carbonyl (C=O) groups is 2. The van der Waals surface area contributed by atoms with E-state index in [1.807, 2.05) is 30.9 Å². The lowest BCUT2D eigenvalue weighted by molar-refractivity contribution is -0.127. The largest absolute Gasteiger partial charge is 0.399 e. The Kier molecular flexibility index (Phi) is 9.50. The average Bonchev–Trinajstić information content (AvgIpc) is 2.90. The molecule has 0 saturated carbocycles. The number of carbonyl (C=O) groups excluding carboxylic acids is 2. The Bertz CT molecular complexity index is 1260.